The second kappa shape index (κ2) is 9.47. The van der Waals surface area contributed by atoms with Gasteiger partial charge in [0.05, 0.1) is 4.90 Å². The Labute approximate surface area is 209 Å². The number of benzene rings is 6. The maximum atomic E-state index is 11.4. The third-order valence-electron chi connectivity index (χ3n) is 5.64. The standard InChI is InChI=1S/C16H10O3S.C12H10.H2I/c17-20(18,19)14-9-7-12-5-4-10-2-1-3-11-6-8-13(14)16(12)15(10)11;1-3-7-11(8-4-1)12-9-5-2-6-10-12;/h1-9H,(H,17,18,19);1-10H;1H2/q;;+1/p-1. The first-order chi connectivity index (χ1) is 15.5. The minimum absolute atomic E-state index is 0. The molecule has 164 valence electrons. The molecule has 0 unspecified atom stereocenters. The quantitative estimate of drug-likeness (QED) is 0.184. The van der Waals surface area contributed by atoms with Crippen molar-refractivity contribution in [1.29, 1.82) is 0 Å². The van der Waals surface area contributed by atoms with Gasteiger partial charge in [-0.05, 0) is 44.1 Å². The molecule has 0 heterocycles. The van der Waals surface area contributed by atoms with Crippen molar-refractivity contribution in [1.82, 2.24) is 0 Å². The van der Waals surface area contributed by atoms with Crippen LogP contribution >= 0.6 is 0 Å². The van der Waals surface area contributed by atoms with Crippen LogP contribution in [0.5, 0.6) is 0 Å². The van der Waals surface area contributed by atoms with Gasteiger partial charge in [-0.3, -0.25) is 0 Å². The molecule has 0 atom stereocenters. The van der Waals surface area contributed by atoms with Crippen molar-refractivity contribution in [2.75, 3.05) is 0 Å². The summed E-state index contributed by atoms with van der Waals surface area (Å²) in [5.41, 5.74) is 2.55. The van der Waals surface area contributed by atoms with E-state index in [0.717, 1.165) is 26.9 Å². The molecule has 0 spiro atoms. The molecule has 0 aliphatic carbocycles. The van der Waals surface area contributed by atoms with Crippen molar-refractivity contribution >= 4 is 42.4 Å². The van der Waals surface area contributed by atoms with Crippen LogP contribution in [0.25, 0.3) is 43.4 Å². The van der Waals surface area contributed by atoms with Crippen LogP contribution in [0.15, 0.2) is 120 Å². The Balaban J connectivity index is 0.000000172. The highest BCUT2D eigenvalue weighted by Gasteiger charge is 2.13. The molecule has 0 bridgehead atoms. The van der Waals surface area contributed by atoms with Gasteiger partial charge in [0.25, 0.3) is 0 Å². The van der Waals surface area contributed by atoms with E-state index in [2.05, 4.69) is 48.5 Å². The molecule has 3 nitrogen and oxygen atoms in total. The second-order valence-electron chi connectivity index (χ2n) is 7.61. The van der Waals surface area contributed by atoms with E-state index >= 15 is 0 Å². The van der Waals surface area contributed by atoms with E-state index < -0.39 is 10.1 Å². The van der Waals surface area contributed by atoms with Crippen molar-refractivity contribution in [2.45, 2.75) is 4.90 Å². The summed E-state index contributed by atoms with van der Waals surface area (Å²) in [7, 11) is -4.48. The van der Waals surface area contributed by atoms with E-state index in [0.29, 0.717) is 5.39 Å². The fourth-order valence-electron chi connectivity index (χ4n) is 4.19. The first-order valence-corrected chi connectivity index (χ1v) is 11.7. The van der Waals surface area contributed by atoms with Gasteiger partial charge in [-0.25, -0.2) is 8.42 Å². The lowest BCUT2D eigenvalue weighted by atomic mass is 9.94. The van der Waals surface area contributed by atoms with Crippen LogP contribution < -0.4 is 24.0 Å². The SMILES string of the molecule is O=S(=O)([O-])c1ccc2ccc3cccc4ccc1c2c34.[IH2+].c1ccc(-c2ccccc2)cc1. The fraction of sp³-hybridized carbons (Fsp3) is 0. The predicted molar refractivity (Wildman–Crippen MR) is 133 cm³/mol. The Hall–Kier alpha value is -3.00. The van der Waals surface area contributed by atoms with Crippen LogP contribution in [0.3, 0.4) is 0 Å². The lowest BCUT2D eigenvalue weighted by Crippen LogP contribution is -3.00. The third kappa shape index (κ3) is 4.57. The Kier molecular flexibility index (Phi) is 6.65. The van der Waals surface area contributed by atoms with E-state index in [9.17, 15) is 13.0 Å². The molecular weight excluding hydrogens is 543 g/mol. The second-order valence-corrected chi connectivity index (χ2v) is 8.95. The molecule has 0 aliphatic rings. The number of halogens is 1. The normalized spacial score (nSPS) is 11.2. The van der Waals surface area contributed by atoms with Crippen LogP contribution in [0, 0.1) is 0 Å². The monoisotopic (exact) mass is 564 g/mol. The smallest absolute Gasteiger partial charge is 0.235 e. The Bertz CT molecular complexity index is 1580. The summed E-state index contributed by atoms with van der Waals surface area (Å²) in [6, 6.07) is 37.3. The predicted octanol–water partition coefficient (Wildman–Crippen LogP) is 3.31. The van der Waals surface area contributed by atoms with Gasteiger partial charge < -0.3 is 4.55 Å². The van der Waals surface area contributed by atoms with Crippen LogP contribution in [0.2, 0.25) is 0 Å². The Morgan fingerprint density at radius 3 is 1.45 bits per heavy atom. The summed E-state index contributed by atoms with van der Waals surface area (Å²) in [6.07, 6.45) is 0. The summed E-state index contributed by atoms with van der Waals surface area (Å²) in [6.45, 7) is 0. The van der Waals surface area contributed by atoms with Crippen molar-refractivity contribution in [3.8, 4) is 11.1 Å². The minimum atomic E-state index is -4.48. The lowest BCUT2D eigenvalue weighted by Gasteiger charge is -2.15. The highest BCUT2D eigenvalue weighted by atomic mass is 127. The third-order valence-corrected chi connectivity index (χ3v) is 6.53. The molecule has 6 aromatic rings. The van der Waals surface area contributed by atoms with Crippen LogP contribution in [-0.2, 0) is 10.1 Å². The maximum absolute atomic E-state index is 11.4. The number of hydrogen-bond acceptors (Lipinski definition) is 3. The molecule has 6 aromatic carbocycles. The van der Waals surface area contributed by atoms with Crippen molar-refractivity contribution in [3.05, 3.63) is 115 Å². The summed E-state index contributed by atoms with van der Waals surface area (Å²) in [5, 5.41) is 5.38. The van der Waals surface area contributed by atoms with Crippen LogP contribution in [0.1, 0.15) is 0 Å². The van der Waals surface area contributed by atoms with Gasteiger partial charge in [0.15, 0.2) is 0 Å². The first kappa shape index (κ1) is 23.2. The molecular formula is C28H21IO3S. The van der Waals surface area contributed by atoms with Crippen LogP contribution in [-0.4, -0.2) is 13.0 Å². The molecule has 5 heteroatoms. The molecule has 0 amide bonds. The summed E-state index contributed by atoms with van der Waals surface area (Å²) in [5.74, 6) is 0. The Morgan fingerprint density at radius 2 is 0.939 bits per heavy atom. The first-order valence-electron chi connectivity index (χ1n) is 10.3. The zero-order valence-corrected chi connectivity index (χ0v) is 20.9. The maximum Gasteiger partial charge on any atom is 0.235 e. The van der Waals surface area contributed by atoms with Gasteiger partial charge in [-0.2, -0.15) is 0 Å². The van der Waals surface area contributed by atoms with Crippen molar-refractivity contribution < 1.29 is 36.9 Å². The van der Waals surface area contributed by atoms with Gasteiger partial charge in [0.1, 0.15) is 10.1 Å². The zero-order chi connectivity index (χ0) is 22.1. The zero-order valence-electron chi connectivity index (χ0n) is 17.5. The molecule has 0 saturated heterocycles. The van der Waals surface area contributed by atoms with Gasteiger partial charge in [0, 0.05) is 5.39 Å². The minimum Gasteiger partial charge on any atom is -0.744 e. The molecule has 0 radical (unpaired) electrons. The molecule has 0 fully saturated rings. The highest BCUT2D eigenvalue weighted by molar-refractivity contribution is 7.86. The lowest BCUT2D eigenvalue weighted by molar-refractivity contribution is -0.0000104. The molecule has 33 heavy (non-hydrogen) atoms. The number of rotatable bonds is 2. The van der Waals surface area contributed by atoms with Gasteiger partial charge in [-0.15, -0.1) is 0 Å². The summed E-state index contributed by atoms with van der Waals surface area (Å²) in [4.78, 5) is -0.150. The molecule has 0 N–H and O–H groups in total. The number of hydrogen-bond donors (Lipinski definition) is 0. The van der Waals surface area contributed by atoms with Gasteiger partial charge >= 0.3 is 0 Å². The summed E-state index contributed by atoms with van der Waals surface area (Å²) < 4.78 is 34.3. The average Bonchev–Trinajstić information content (AvgIpc) is 2.83. The molecule has 0 aromatic heterocycles. The van der Waals surface area contributed by atoms with Crippen molar-refractivity contribution in [3.63, 3.8) is 0 Å². The largest absolute Gasteiger partial charge is 0.744 e. The van der Waals surface area contributed by atoms with Crippen LogP contribution in [0.4, 0.5) is 0 Å². The van der Waals surface area contributed by atoms with E-state index in [4.69, 9.17) is 0 Å². The molecule has 6 rings (SSSR count). The Morgan fingerprint density at radius 1 is 0.485 bits per heavy atom. The molecule has 0 saturated carbocycles. The average molecular weight is 564 g/mol. The van der Waals surface area contributed by atoms with Gasteiger partial charge in [-0.1, -0.05) is 109 Å². The topological polar surface area (TPSA) is 57.2 Å². The van der Waals surface area contributed by atoms with E-state index in [-0.39, 0.29) is 28.9 Å². The van der Waals surface area contributed by atoms with Crippen molar-refractivity contribution in [2.24, 2.45) is 0 Å². The summed E-state index contributed by atoms with van der Waals surface area (Å²) >= 11 is 0. The molecule has 0 aliphatic heterocycles. The van der Waals surface area contributed by atoms with Gasteiger partial charge in [0.2, 0.25) is 24.0 Å². The highest BCUT2D eigenvalue weighted by Crippen LogP contribution is 2.36. The fourth-order valence-corrected chi connectivity index (χ4v) is 4.86. The van der Waals surface area contributed by atoms with E-state index in [1.54, 1.807) is 12.1 Å². The van der Waals surface area contributed by atoms with E-state index in [1.807, 2.05) is 48.5 Å². The van der Waals surface area contributed by atoms with E-state index in [1.165, 1.54) is 17.2 Å².